The van der Waals surface area contributed by atoms with Crippen LogP contribution in [0.2, 0.25) is 5.02 Å². The van der Waals surface area contributed by atoms with Crippen LogP contribution in [0.3, 0.4) is 0 Å². The Morgan fingerprint density at radius 1 is 1.50 bits per heavy atom. The van der Waals surface area contributed by atoms with Crippen LogP contribution >= 0.6 is 11.6 Å². The van der Waals surface area contributed by atoms with E-state index in [0.717, 1.165) is 13.0 Å². The molecule has 16 heavy (non-hydrogen) atoms. The van der Waals surface area contributed by atoms with Crippen LogP contribution in [0.4, 0.5) is 10.1 Å². The van der Waals surface area contributed by atoms with E-state index in [2.05, 4.69) is 24.2 Å². The Labute approximate surface area is 100 Å². The molecule has 0 amide bonds. The minimum atomic E-state index is -0.244. The van der Waals surface area contributed by atoms with E-state index < -0.39 is 0 Å². The summed E-state index contributed by atoms with van der Waals surface area (Å²) in [4.78, 5) is 2.26. The minimum Gasteiger partial charge on any atom is -0.379 e. The number of hydrogen-bond donors (Lipinski definition) is 1. The van der Waals surface area contributed by atoms with Crippen LogP contribution in [0.15, 0.2) is 18.2 Å². The van der Waals surface area contributed by atoms with Gasteiger partial charge in [0, 0.05) is 23.7 Å². The standard InChI is InChI=1S/C12H16ClFN2/c1-8-5-10(7-16(8)2)15-12-6-9(13)3-4-11(12)14/h3-4,6,8,10,15H,5,7H2,1-2H3. The van der Waals surface area contributed by atoms with Gasteiger partial charge in [0.15, 0.2) is 0 Å². The summed E-state index contributed by atoms with van der Waals surface area (Å²) < 4.78 is 13.5. The monoisotopic (exact) mass is 242 g/mol. The van der Waals surface area contributed by atoms with E-state index in [1.165, 1.54) is 6.07 Å². The number of anilines is 1. The largest absolute Gasteiger partial charge is 0.379 e. The Hall–Kier alpha value is -0.800. The first-order valence-corrected chi connectivity index (χ1v) is 5.86. The molecule has 0 bridgehead atoms. The van der Waals surface area contributed by atoms with Crippen LogP contribution in [-0.2, 0) is 0 Å². The topological polar surface area (TPSA) is 15.3 Å². The second kappa shape index (κ2) is 4.60. The molecule has 88 valence electrons. The first-order valence-electron chi connectivity index (χ1n) is 5.48. The minimum absolute atomic E-state index is 0.244. The molecule has 2 rings (SSSR count). The van der Waals surface area contributed by atoms with Gasteiger partial charge in [-0.1, -0.05) is 11.6 Å². The van der Waals surface area contributed by atoms with Crippen LogP contribution < -0.4 is 5.32 Å². The van der Waals surface area contributed by atoms with Gasteiger partial charge in [-0.25, -0.2) is 4.39 Å². The average Bonchev–Trinajstić information content (AvgIpc) is 2.52. The third-order valence-corrected chi connectivity index (χ3v) is 3.41. The zero-order valence-electron chi connectivity index (χ0n) is 9.50. The Balaban J connectivity index is 2.07. The van der Waals surface area contributed by atoms with Crippen molar-refractivity contribution in [3.63, 3.8) is 0 Å². The van der Waals surface area contributed by atoms with Crippen LogP contribution in [0.1, 0.15) is 13.3 Å². The highest BCUT2D eigenvalue weighted by molar-refractivity contribution is 6.30. The highest BCUT2D eigenvalue weighted by Gasteiger charge is 2.26. The first kappa shape index (κ1) is 11.7. The van der Waals surface area contributed by atoms with Gasteiger partial charge in [0.1, 0.15) is 5.82 Å². The third-order valence-electron chi connectivity index (χ3n) is 3.17. The molecule has 1 aromatic carbocycles. The molecule has 1 saturated heterocycles. The van der Waals surface area contributed by atoms with E-state index >= 15 is 0 Å². The Morgan fingerprint density at radius 3 is 2.88 bits per heavy atom. The maximum absolute atomic E-state index is 13.5. The molecule has 1 aromatic rings. The number of rotatable bonds is 2. The zero-order valence-corrected chi connectivity index (χ0v) is 10.3. The molecule has 1 aliphatic heterocycles. The molecule has 1 heterocycles. The van der Waals surface area contributed by atoms with Crippen LogP contribution in [0.5, 0.6) is 0 Å². The molecule has 1 N–H and O–H groups in total. The first-order chi connectivity index (χ1) is 7.56. The predicted molar refractivity (Wildman–Crippen MR) is 65.5 cm³/mol. The normalized spacial score (nSPS) is 26.0. The molecule has 2 unspecified atom stereocenters. The molecule has 4 heteroatoms. The van der Waals surface area contributed by atoms with Gasteiger partial charge in [0.2, 0.25) is 0 Å². The van der Waals surface area contributed by atoms with Gasteiger partial charge < -0.3 is 10.2 Å². The summed E-state index contributed by atoms with van der Waals surface area (Å²) in [5, 5.41) is 3.77. The lowest BCUT2D eigenvalue weighted by atomic mass is 10.2. The highest BCUT2D eigenvalue weighted by Crippen LogP contribution is 2.24. The van der Waals surface area contributed by atoms with Crippen molar-refractivity contribution >= 4 is 17.3 Å². The molecular weight excluding hydrogens is 227 g/mol. The second-order valence-corrected chi connectivity index (χ2v) is 4.93. The van der Waals surface area contributed by atoms with Gasteiger partial charge in [-0.15, -0.1) is 0 Å². The summed E-state index contributed by atoms with van der Waals surface area (Å²) in [6.07, 6.45) is 1.03. The lowest BCUT2D eigenvalue weighted by molar-refractivity contribution is 0.330. The number of hydrogen-bond acceptors (Lipinski definition) is 2. The van der Waals surface area contributed by atoms with Crippen molar-refractivity contribution in [1.29, 1.82) is 0 Å². The molecule has 2 nitrogen and oxygen atoms in total. The van der Waals surface area contributed by atoms with Crippen LogP contribution in [0.25, 0.3) is 0 Å². The SMILES string of the molecule is CC1CC(Nc2cc(Cl)ccc2F)CN1C. The number of halogens is 2. The quantitative estimate of drug-likeness (QED) is 0.858. The van der Waals surface area contributed by atoms with Crippen molar-refractivity contribution in [2.24, 2.45) is 0 Å². The maximum Gasteiger partial charge on any atom is 0.146 e. The van der Waals surface area contributed by atoms with Gasteiger partial charge in [-0.3, -0.25) is 0 Å². The van der Waals surface area contributed by atoms with E-state index in [-0.39, 0.29) is 5.82 Å². The average molecular weight is 243 g/mol. The van der Waals surface area contributed by atoms with Crippen molar-refractivity contribution in [2.45, 2.75) is 25.4 Å². The van der Waals surface area contributed by atoms with Crippen molar-refractivity contribution < 1.29 is 4.39 Å². The fourth-order valence-corrected chi connectivity index (χ4v) is 2.30. The Bertz CT molecular complexity index is 373. The fraction of sp³-hybridized carbons (Fsp3) is 0.500. The van der Waals surface area contributed by atoms with E-state index in [1.54, 1.807) is 12.1 Å². The van der Waals surface area contributed by atoms with Gasteiger partial charge >= 0.3 is 0 Å². The summed E-state index contributed by atoms with van der Waals surface area (Å²) in [6, 6.07) is 5.44. The maximum atomic E-state index is 13.5. The molecule has 1 fully saturated rings. The van der Waals surface area contributed by atoms with Gasteiger partial charge in [-0.05, 0) is 38.6 Å². The third kappa shape index (κ3) is 2.47. The van der Waals surface area contributed by atoms with Crippen molar-refractivity contribution in [3.8, 4) is 0 Å². The molecule has 0 radical (unpaired) electrons. The zero-order chi connectivity index (χ0) is 11.7. The molecule has 0 saturated carbocycles. The summed E-state index contributed by atoms with van der Waals surface area (Å²) in [6.45, 7) is 3.11. The van der Waals surface area contributed by atoms with Crippen LogP contribution in [0, 0.1) is 5.82 Å². The van der Waals surface area contributed by atoms with Crippen LogP contribution in [-0.4, -0.2) is 30.6 Å². The Kier molecular flexibility index (Phi) is 3.36. The lowest BCUT2D eigenvalue weighted by Gasteiger charge is -2.15. The van der Waals surface area contributed by atoms with Crippen molar-refractivity contribution in [1.82, 2.24) is 4.90 Å². The fourth-order valence-electron chi connectivity index (χ4n) is 2.13. The number of nitrogens with one attached hydrogen (secondary N) is 1. The molecule has 0 aromatic heterocycles. The summed E-state index contributed by atoms with van der Waals surface area (Å²) in [5.41, 5.74) is 0.500. The molecule has 1 aliphatic rings. The summed E-state index contributed by atoms with van der Waals surface area (Å²) >= 11 is 5.84. The van der Waals surface area contributed by atoms with Gasteiger partial charge in [0.25, 0.3) is 0 Å². The molecular formula is C12H16ClFN2. The number of nitrogens with zero attached hydrogens (tertiary/aromatic N) is 1. The molecule has 2 atom stereocenters. The Morgan fingerprint density at radius 2 is 2.25 bits per heavy atom. The highest BCUT2D eigenvalue weighted by atomic mass is 35.5. The number of likely N-dealkylation sites (N-methyl/N-ethyl adjacent to an activating group) is 1. The predicted octanol–water partition coefficient (Wildman–Crippen LogP) is 2.98. The van der Waals surface area contributed by atoms with E-state index in [9.17, 15) is 4.39 Å². The van der Waals surface area contributed by atoms with Gasteiger partial charge in [-0.2, -0.15) is 0 Å². The van der Waals surface area contributed by atoms with Crippen molar-refractivity contribution in [3.05, 3.63) is 29.0 Å². The van der Waals surface area contributed by atoms with E-state index in [0.29, 0.717) is 22.8 Å². The molecule has 0 spiro atoms. The van der Waals surface area contributed by atoms with E-state index in [4.69, 9.17) is 11.6 Å². The number of likely N-dealkylation sites (tertiary alicyclic amines) is 1. The smallest absolute Gasteiger partial charge is 0.146 e. The summed E-state index contributed by atoms with van der Waals surface area (Å²) in [5.74, 6) is -0.244. The van der Waals surface area contributed by atoms with Gasteiger partial charge in [0.05, 0.1) is 5.69 Å². The van der Waals surface area contributed by atoms with Crippen molar-refractivity contribution in [2.75, 3.05) is 18.9 Å². The summed E-state index contributed by atoms with van der Waals surface area (Å²) in [7, 11) is 2.08. The van der Waals surface area contributed by atoms with E-state index in [1.807, 2.05) is 0 Å². The molecule has 0 aliphatic carbocycles. The second-order valence-electron chi connectivity index (χ2n) is 4.49. The lowest BCUT2D eigenvalue weighted by Crippen LogP contribution is -2.25. The number of benzene rings is 1.